The predicted molar refractivity (Wildman–Crippen MR) is 69.8 cm³/mol. The zero-order valence-electron chi connectivity index (χ0n) is 8.86. The van der Waals surface area contributed by atoms with Gasteiger partial charge in [0.15, 0.2) is 0 Å². The second-order valence-electron chi connectivity index (χ2n) is 3.75. The van der Waals surface area contributed by atoms with Crippen molar-refractivity contribution in [3.8, 4) is 0 Å². The largest absolute Gasteiger partial charge is 0.235 e. The lowest BCUT2D eigenvalue weighted by atomic mass is 10.0. The first-order valence-electron chi connectivity index (χ1n) is 4.79. The highest BCUT2D eigenvalue weighted by Crippen LogP contribution is 2.27. The molecule has 0 aliphatic heterocycles. The van der Waals surface area contributed by atoms with Crippen LogP contribution in [0.1, 0.15) is 19.5 Å². The van der Waals surface area contributed by atoms with Gasteiger partial charge < -0.3 is 0 Å². The summed E-state index contributed by atoms with van der Waals surface area (Å²) in [5.74, 6) is 3.50. The van der Waals surface area contributed by atoms with Crippen molar-refractivity contribution in [1.82, 2.24) is 4.98 Å². The van der Waals surface area contributed by atoms with Crippen LogP contribution in [-0.4, -0.2) is 16.5 Å². The summed E-state index contributed by atoms with van der Waals surface area (Å²) >= 11 is 7.98. The lowest BCUT2D eigenvalue weighted by Crippen LogP contribution is -2.13. The molecule has 0 radical (unpaired) electrons. The first kappa shape index (κ1) is 12.4. The highest BCUT2D eigenvalue weighted by Gasteiger charge is 2.12. The van der Waals surface area contributed by atoms with Gasteiger partial charge in [-0.3, -0.25) is 0 Å². The Morgan fingerprint density at radius 1 is 1.57 bits per heavy atom. The maximum atomic E-state index is 4.43. The molecule has 14 heavy (non-hydrogen) atoms. The van der Waals surface area contributed by atoms with Gasteiger partial charge in [0, 0.05) is 16.8 Å². The molecule has 0 aliphatic carbocycles. The van der Waals surface area contributed by atoms with E-state index < -0.39 is 0 Å². The maximum Gasteiger partial charge on any atom is 0.150 e. The quantitative estimate of drug-likeness (QED) is 0.629. The third kappa shape index (κ3) is 3.83. The Morgan fingerprint density at radius 3 is 2.71 bits per heavy atom. The average molecular weight is 247 g/mol. The molecule has 1 aromatic heterocycles. The molecule has 1 heterocycles. The topological polar surface area (TPSA) is 12.9 Å². The second-order valence-corrected chi connectivity index (χ2v) is 6.24. The second kappa shape index (κ2) is 6.03. The number of hydrogen-bond acceptors (Lipinski definition) is 4. The van der Waals surface area contributed by atoms with Crippen LogP contribution in [0, 0.1) is 18.8 Å². The highest BCUT2D eigenvalue weighted by molar-refractivity contribution is 8.01. The van der Waals surface area contributed by atoms with E-state index in [1.54, 1.807) is 11.3 Å². The fourth-order valence-electron chi connectivity index (χ4n) is 1.03. The molecular formula is C10H17NS3. The summed E-state index contributed by atoms with van der Waals surface area (Å²) in [6.45, 7) is 6.56. The SMILES string of the molecule is Cc1csc(SCC(CS)C(C)C)n1. The van der Waals surface area contributed by atoms with Gasteiger partial charge >= 0.3 is 0 Å². The Bertz CT molecular complexity index is 270. The number of hydrogen-bond donors (Lipinski definition) is 1. The zero-order valence-corrected chi connectivity index (χ0v) is 11.4. The molecule has 1 aromatic rings. The summed E-state index contributed by atoms with van der Waals surface area (Å²) in [6, 6.07) is 0. The molecule has 1 nitrogen and oxygen atoms in total. The molecule has 4 heteroatoms. The Kier molecular flexibility index (Phi) is 5.34. The highest BCUT2D eigenvalue weighted by atomic mass is 32.2. The van der Waals surface area contributed by atoms with Crippen LogP contribution in [0.4, 0.5) is 0 Å². The molecule has 0 saturated carbocycles. The summed E-state index contributed by atoms with van der Waals surface area (Å²) in [6.07, 6.45) is 0. The van der Waals surface area contributed by atoms with E-state index in [2.05, 4.69) is 36.8 Å². The fourth-order valence-corrected chi connectivity index (χ4v) is 3.97. The number of thiazole rings is 1. The number of aromatic nitrogens is 1. The average Bonchev–Trinajstić information content (AvgIpc) is 2.52. The van der Waals surface area contributed by atoms with Crippen LogP contribution in [-0.2, 0) is 0 Å². The normalized spacial score (nSPS) is 13.5. The summed E-state index contributed by atoms with van der Waals surface area (Å²) in [7, 11) is 0. The monoisotopic (exact) mass is 247 g/mol. The van der Waals surface area contributed by atoms with E-state index >= 15 is 0 Å². The minimum absolute atomic E-state index is 0.688. The minimum atomic E-state index is 0.688. The van der Waals surface area contributed by atoms with Crippen molar-refractivity contribution in [3.05, 3.63) is 11.1 Å². The van der Waals surface area contributed by atoms with E-state index in [1.807, 2.05) is 18.7 Å². The van der Waals surface area contributed by atoms with Gasteiger partial charge in [-0.05, 0) is 24.5 Å². The van der Waals surface area contributed by atoms with Crippen LogP contribution >= 0.6 is 35.7 Å². The number of thioether (sulfide) groups is 1. The lowest BCUT2D eigenvalue weighted by molar-refractivity contribution is 0.473. The first-order valence-corrected chi connectivity index (χ1v) is 7.29. The maximum absolute atomic E-state index is 4.43. The fraction of sp³-hybridized carbons (Fsp3) is 0.700. The minimum Gasteiger partial charge on any atom is -0.235 e. The Balaban J connectivity index is 2.39. The van der Waals surface area contributed by atoms with Crippen molar-refractivity contribution < 1.29 is 0 Å². The van der Waals surface area contributed by atoms with Crippen molar-refractivity contribution in [3.63, 3.8) is 0 Å². The summed E-state index contributed by atoms with van der Waals surface area (Å²) in [4.78, 5) is 4.43. The third-order valence-corrected chi connectivity index (χ3v) is 4.99. The van der Waals surface area contributed by atoms with Gasteiger partial charge in [0.1, 0.15) is 4.34 Å². The Labute approximate surface area is 100 Å². The molecule has 1 rings (SSSR count). The molecule has 0 N–H and O–H groups in total. The standard InChI is InChI=1S/C10H17NS3/c1-7(2)9(4-12)6-14-10-11-8(3)5-13-10/h5,7,9,12H,4,6H2,1-3H3. The lowest BCUT2D eigenvalue weighted by Gasteiger charge is -2.16. The molecule has 1 atom stereocenters. The van der Waals surface area contributed by atoms with Gasteiger partial charge in [0.25, 0.3) is 0 Å². The number of nitrogens with zero attached hydrogens (tertiary/aromatic N) is 1. The van der Waals surface area contributed by atoms with E-state index in [4.69, 9.17) is 0 Å². The van der Waals surface area contributed by atoms with E-state index in [9.17, 15) is 0 Å². The molecule has 0 spiro atoms. The van der Waals surface area contributed by atoms with Gasteiger partial charge in [0.05, 0.1) is 0 Å². The molecule has 0 saturated heterocycles. The zero-order chi connectivity index (χ0) is 10.6. The van der Waals surface area contributed by atoms with Crippen molar-refractivity contribution >= 4 is 35.7 Å². The Hall–Kier alpha value is 0.330. The number of aryl methyl sites for hydroxylation is 1. The van der Waals surface area contributed by atoms with Gasteiger partial charge in [0.2, 0.25) is 0 Å². The number of thiol groups is 1. The number of rotatable bonds is 5. The predicted octanol–water partition coefficient (Wildman–Crippen LogP) is 3.75. The van der Waals surface area contributed by atoms with Gasteiger partial charge in [-0.25, -0.2) is 4.98 Å². The first-order chi connectivity index (χ1) is 6.63. The van der Waals surface area contributed by atoms with Crippen molar-refractivity contribution in [2.45, 2.75) is 25.1 Å². The molecule has 0 aromatic carbocycles. The summed E-state index contributed by atoms with van der Waals surface area (Å²) < 4.78 is 1.19. The summed E-state index contributed by atoms with van der Waals surface area (Å²) in [5.41, 5.74) is 1.13. The Morgan fingerprint density at radius 2 is 2.29 bits per heavy atom. The van der Waals surface area contributed by atoms with Crippen molar-refractivity contribution in [2.24, 2.45) is 11.8 Å². The van der Waals surface area contributed by atoms with Crippen LogP contribution in [0.3, 0.4) is 0 Å². The van der Waals surface area contributed by atoms with Gasteiger partial charge in [-0.1, -0.05) is 25.6 Å². The van der Waals surface area contributed by atoms with Gasteiger partial charge in [-0.15, -0.1) is 11.3 Å². The van der Waals surface area contributed by atoms with Crippen LogP contribution in [0.15, 0.2) is 9.72 Å². The van der Waals surface area contributed by atoms with E-state index in [0.29, 0.717) is 11.8 Å². The smallest absolute Gasteiger partial charge is 0.150 e. The molecular weight excluding hydrogens is 230 g/mol. The van der Waals surface area contributed by atoms with Crippen LogP contribution < -0.4 is 0 Å². The van der Waals surface area contributed by atoms with Crippen molar-refractivity contribution in [2.75, 3.05) is 11.5 Å². The third-order valence-electron chi connectivity index (χ3n) is 2.20. The molecule has 0 amide bonds. The summed E-state index contributed by atoms with van der Waals surface area (Å²) in [5, 5.41) is 2.10. The van der Waals surface area contributed by atoms with Crippen molar-refractivity contribution in [1.29, 1.82) is 0 Å². The molecule has 0 fully saturated rings. The molecule has 0 aliphatic rings. The molecule has 1 unspecified atom stereocenters. The van der Waals surface area contributed by atoms with E-state index in [0.717, 1.165) is 17.2 Å². The molecule has 80 valence electrons. The van der Waals surface area contributed by atoms with Crippen LogP contribution in [0.25, 0.3) is 0 Å². The van der Waals surface area contributed by atoms with E-state index in [1.165, 1.54) is 4.34 Å². The molecule has 0 bridgehead atoms. The van der Waals surface area contributed by atoms with Gasteiger partial charge in [-0.2, -0.15) is 12.6 Å². The van der Waals surface area contributed by atoms with Crippen LogP contribution in [0.5, 0.6) is 0 Å². The van der Waals surface area contributed by atoms with E-state index in [-0.39, 0.29) is 0 Å². The van der Waals surface area contributed by atoms with Crippen LogP contribution in [0.2, 0.25) is 0 Å².